The van der Waals surface area contributed by atoms with Crippen LogP contribution in [0.25, 0.3) is 44.7 Å². The molecule has 0 fully saturated rings. The second-order valence-corrected chi connectivity index (χ2v) is 12.5. The predicted molar refractivity (Wildman–Crippen MR) is 180 cm³/mol. The molecule has 1 aromatic heterocycles. The lowest BCUT2D eigenvalue weighted by Gasteiger charge is -2.20. The molecule has 1 heterocycles. The molecule has 2 nitrogen and oxygen atoms in total. The van der Waals surface area contributed by atoms with Crippen LogP contribution in [0.2, 0.25) is 0 Å². The van der Waals surface area contributed by atoms with Gasteiger partial charge in [-0.05, 0) is 33.9 Å². The van der Waals surface area contributed by atoms with Gasteiger partial charge >= 0.3 is 0 Å². The van der Waals surface area contributed by atoms with Gasteiger partial charge in [0.25, 0.3) is 0 Å². The third kappa shape index (κ3) is 5.51. The maximum Gasteiger partial charge on any atom is 0.200 e. The monoisotopic (exact) mass is 648 g/mol. The van der Waals surface area contributed by atoms with Gasteiger partial charge in [0.15, 0.2) is 23.3 Å². The number of nitrogens with zero attached hydrogens (tertiary/aromatic N) is 2. The van der Waals surface area contributed by atoms with Gasteiger partial charge in [0.1, 0.15) is 5.82 Å². The van der Waals surface area contributed by atoms with Crippen molar-refractivity contribution in [2.45, 2.75) is 13.5 Å². The largest absolute Gasteiger partial charge is 0.319 e. The van der Waals surface area contributed by atoms with Crippen LogP contribution in [0.15, 0.2) is 121 Å². The second-order valence-electron chi connectivity index (χ2n) is 11.2. The molecule has 1 atom stereocenters. The zero-order chi connectivity index (χ0) is 32.7. The molecule has 1 unspecified atom stereocenters. The molecule has 0 saturated heterocycles. The number of halogens is 5. The highest BCUT2D eigenvalue weighted by molar-refractivity contribution is 7.56. The first-order valence-electron chi connectivity index (χ1n) is 14.9. The van der Waals surface area contributed by atoms with Crippen LogP contribution in [-0.2, 0) is 6.54 Å². The quantitative estimate of drug-likeness (QED) is 0.0729. The molecule has 0 aliphatic heterocycles. The lowest BCUT2D eigenvalue weighted by Crippen LogP contribution is -2.16. The number of hydrogen-bond donors (Lipinski definition) is 0. The van der Waals surface area contributed by atoms with E-state index in [9.17, 15) is 13.2 Å². The van der Waals surface area contributed by atoms with Crippen molar-refractivity contribution in [3.05, 3.63) is 162 Å². The Kier molecular flexibility index (Phi) is 8.17. The predicted octanol–water partition coefficient (Wildman–Crippen LogP) is 9.72. The zero-order valence-corrected chi connectivity index (χ0v) is 26.0. The van der Waals surface area contributed by atoms with E-state index >= 15 is 8.78 Å². The average Bonchev–Trinajstić information content (AvgIpc) is 3.48. The van der Waals surface area contributed by atoms with Gasteiger partial charge < -0.3 is 4.57 Å². The lowest BCUT2D eigenvalue weighted by atomic mass is 10.00. The fourth-order valence-corrected chi connectivity index (χ4v) is 7.27. The Hall–Kier alpha value is -5.13. The van der Waals surface area contributed by atoms with E-state index in [1.54, 1.807) is 4.57 Å². The number of fused-ring (bicyclic) bond motifs is 1. The summed E-state index contributed by atoms with van der Waals surface area (Å²) < 4.78 is 75.8. The van der Waals surface area contributed by atoms with E-state index < -0.39 is 41.2 Å². The zero-order valence-electron chi connectivity index (χ0n) is 25.0. The van der Waals surface area contributed by atoms with Crippen LogP contribution < -0.4 is 10.6 Å². The van der Waals surface area contributed by atoms with Crippen LogP contribution in [0.4, 0.5) is 22.0 Å². The molecule has 0 aliphatic carbocycles. The van der Waals surface area contributed by atoms with Crippen molar-refractivity contribution in [1.82, 2.24) is 9.55 Å². The topological polar surface area (TPSA) is 17.8 Å². The van der Waals surface area contributed by atoms with Crippen molar-refractivity contribution in [3.63, 3.8) is 0 Å². The third-order valence-electron chi connectivity index (χ3n) is 8.19. The summed E-state index contributed by atoms with van der Waals surface area (Å²) >= 11 is 0. The second kappa shape index (κ2) is 12.6. The van der Waals surface area contributed by atoms with E-state index in [1.165, 1.54) is 0 Å². The van der Waals surface area contributed by atoms with E-state index in [1.807, 2.05) is 122 Å². The normalized spacial score (nSPS) is 11.6. The molecule has 0 amide bonds. The highest BCUT2D eigenvalue weighted by Crippen LogP contribution is 2.41. The van der Waals surface area contributed by atoms with Crippen molar-refractivity contribution in [2.24, 2.45) is 0 Å². The van der Waals surface area contributed by atoms with Gasteiger partial charge in [0, 0.05) is 22.3 Å². The van der Waals surface area contributed by atoms with Gasteiger partial charge in [-0.15, -0.1) is 0 Å². The number of rotatable bonds is 7. The number of aromatic nitrogens is 2. The SMILES string of the molecule is Cc1cc2ccccc2c(-c2nc(-c3ccccc3)c(-c3ccccc3)n2Cc2c(F)c(F)c(F)c(F)c2F)c1Pc1ccccc1. The Morgan fingerprint density at radius 3 is 1.79 bits per heavy atom. The number of aryl methyl sites for hydroxylation is 1. The van der Waals surface area contributed by atoms with E-state index in [-0.39, 0.29) is 8.58 Å². The van der Waals surface area contributed by atoms with Crippen molar-refractivity contribution in [3.8, 4) is 33.9 Å². The molecule has 0 saturated carbocycles. The summed E-state index contributed by atoms with van der Waals surface area (Å²) in [4.78, 5) is 5.20. The van der Waals surface area contributed by atoms with E-state index in [4.69, 9.17) is 4.98 Å². The van der Waals surface area contributed by atoms with Crippen molar-refractivity contribution < 1.29 is 22.0 Å². The molecule has 6 aromatic carbocycles. The van der Waals surface area contributed by atoms with Gasteiger partial charge in [-0.2, -0.15) is 0 Å². The molecule has 7 aromatic rings. The van der Waals surface area contributed by atoms with Gasteiger partial charge in [0.2, 0.25) is 5.82 Å². The highest BCUT2D eigenvalue weighted by atomic mass is 31.1. The highest BCUT2D eigenvalue weighted by Gasteiger charge is 2.30. The van der Waals surface area contributed by atoms with Gasteiger partial charge in [-0.25, -0.2) is 26.9 Å². The maximum atomic E-state index is 15.4. The van der Waals surface area contributed by atoms with Crippen molar-refractivity contribution >= 4 is 30.0 Å². The van der Waals surface area contributed by atoms with Crippen LogP contribution in [0.5, 0.6) is 0 Å². The minimum Gasteiger partial charge on any atom is -0.319 e. The first-order chi connectivity index (χ1) is 22.8. The number of imidazole rings is 1. The summed E-state index contributed by atoms with van der Waals surface area (Å²) in [6.45, 7) is 1.34. The summed E-state index contributed by atoms with van der Waals surface area (Å²) in [6.07, 6.45) is 0. The Morgan fingerprint density at radius 1 is 0.617 bits per heavy atom. The van der Waals surface area contributed by atoms with Crippen LogP contribution in [0, 0.1) is 36.0 Å². The maximum absolute atomic E-state index is 15.4. The molecule has 0 spiro atoms. The Labute approximate surface area is 270 Å². The molecule has 0 bridgehead atoms. The van der Waals surface area contributed by atoms with Crippen molar-refractivity contribution in [2.75, 3.05) is 0 Å². The van der Waals surface area contributed by atoms with Crippen molar-refractivity contribution in [1.29, 1.82) is 0 Å². The van der Waals surface area contributed by atoms with Gasteiger partial charge in [0.05, 0.1) is 17.9 Å². The van der Waals surface area contributed by atoms with Crippen LogP contribution in [-0.4, -0.2) is 9.55 Å². The number of benzene rings is 6. The fraction of sp³-hybridized carbons (Fsp3) is 0.0513. The molecule has 232 valence electrons. The molecule has 0 radical (unpaired) electrons. The molecule has 8 heteroatoms. The summed E-state index contributed by atoms with van der Waals surface area (Å²) in [6, 6.07) is 38.3. The fourth-order valence-electron chi connectivity index (χ4n) is 5.98. The average molecular weight is 649 g/mol. The lowest BCUT2D eigenvalue weighted by molar-refractivity contribution is 0.368. The minimum atomic E-state index is -2.20. The minimum absolute atomic E-state index is 0.185. The molecule has 47 heavy (non-hydrogen) atoms. The standard InChI is InChI=1S/C39H26F5N2P/c1-23-21-26-17-11-12-20-28(26)30(38(23)47-27-18-9-4-10-19-27)39-45-36(24-13-5-2-6-14-24)37(25-15-7-3-8-16-25)46(39)22-29-31(40)33(42)35(44)34(43)32(29)41/h2-21,47H,22H2,1H3. The summed E-state index contributed by atoms with van der Waals surface area (Å²) in [5.41, 5.74) is 3.15. The van der Waals surface area contributed by atoms with Gasteiger partial charge in [-0.3, -0.25) is 0 Å². The summed E-state index contributed by atoms with van der Waals surface area (Å²) in [7, 11) is 0.185. The summed E-state index contributed by atoms with van der Waals surface area (Å²) in [5, 5.41) is 3.80. The van der Waals surface area contributed by atoms with E-state index in [0.717, 1.165) is 38.1 Å². The smallest absolute Gasteiger partial charge is 0.200 e. The molecular formula is C39H26F5N2P. The third-order valence-corrected chi connectivity index (χ3v) is 9.71. The molecule has 0 N–H and O–H groups in total. The van der Waals surface area contributed by atoms with E-state index in [2.05, 4.69) is 6.07 Å². The first kappa shape index (κ1) is 30.5. The molecule has 7 rings (SSSR count). The van der Waals surface area contributed by atoms with E-state index in [0.29, 0.717) is 22.8 Å². The number of hydrogen-bond acceptors (Lipinski definition) is 1. The first-order valence-corrected chi connectivity index (χ1v) is 15.9. The molecular weight excluding hydrogens is 622 g/mol. The molecule has 0 aliphatic rings. The van der Waals surface area contributed by atoms with Gasteiger partial charge in [-0.1, -0.05) is 130 Å². The van der Waals surface area contributed by atoms with Crippen LogP contribution >= 0.6 is 8.58 Å². The Bertz CT molecular complexity index is 2220. The Balaban J connectivity index is 1.62. The Morgan fingerprint density at radius 2 is 1.15 bits per heavy atom. The van der Waals surface area contributed by atoms with Crippen LogP contribution in [0.1, 0.15) is 11.1 Å². The summed E-state index contributed by atoms with van der Waals surface area (Å²) in [5.74, 6) is -9.57. The van der Waals surface area contributed by atoms with Crippen LogP contribution in [0.3, 0.4) is 0 Å².